The van der Waals surface area contributed by atoms with Gasteiger partial charge in [-0.3, -0.25) is 0 Å². The van der Waals surface area contributed by atoms with Crippen LogP contribution in [0.4, 0.5) is 0 Å². The van der Waals surface area contributed by atoms with Gasteiger partial charge in [0.1, 0.15) is 12.1 Å². The van der Waals surface area contributed by atoms with Gasteiger partial charge in [-0.15, -0.1) is 0 Å². The number of hydrogen-bond donors (Lipinski definition) is 0. The molecule has 0 spiro atoms. The van der Waals surface area contributed by atoms with Crippen LogP contribution in [-0.4, -0.2) is 9.13 Å². The highest BCUT2D eigenvalue weighted by atomic mass is 15.0. The van der Waals surface area contributed by atoms with Gasteiger partial charge in [0.05, 0.1) is 44.6 Å². The van der Waals surface area contributed by atoms with E-state index in [4.69, 9.17) is 0 Å². The van der Waals surface area contributed by atoms with Crippen LogP contribution in [0.3, 0.4) is 0 Å². The van der Waals surface area contributed by atoms with Crippen molar-refractivity contribution in [1.29, 1.82) is 10.5 Å². The van der Waals surface area contributed by atoms with Gasteiger partial charge in [-0.25, -0.2) is 0 Å². The normalized spacial score (nSPS) is 11.3. The molecule has 2 aromatic heterocycles. The van der Waals surface area contributed by atoms with Gasteiger partial charge < -0.3 is 9.13 Å². The predicted molar refractivity (Wildman–Crippen MR) is 246 cm³/mol. The van der Waals surface area contributed by atoms with Crippen LogP contribution >= 0.6 is 0 Å². The minimum atomic E-state index is 0.423. The van der Waals surface area contributed by atoms with E-state index in [0.29, 0.717) is 22.5 Å². The first kappa shape index (κ1) is 34.8. The molecule has 2 heterocycles. The molecule has 0 aliphatic heterocycles. The molecule has 278 valence electrons. The van der Waals surface area contributed by atoms with Crippen molar-refractivity contribution in [3.63, 3.8) is 0 Å². The lowest BCUT2D eigenvalue weighted by Gasteiger charge is -2.16. The molecule has 4 heteroatoms. The standard InChI is InChI=1S/C56H34N4/c57-35-45-29-46(36-58)56(60-53-27-23-43(39-17-9-3-10-18-39)32-49(53)50-33-44(24-28-54(50)60)40-19-11-4-12-20-40)34-55(45)59-51-25-21-41(37-13-5-1-6-14-37)30-47(51)48-31-42(22-26-52(48)59)38-15-7-2-8-16-38/h1-34H. The molecule has 4 nitrogen and oxygen atoms in total. The molecule has 0 radical (unpaired) electrons. The smallest absolute Gasteiger partial charge is 0.101 e. The molecule has 9 aromatic carbocycles. The topological polar surface area (TPSA) is 57.4 Å². The van der Waals surface area contributed by atoms with E-state index in [-0.39, 0.29) is 0 Å². The summed E-state index contributed by atoms with van der Waals surface area (Å²) in [6, 6.07) is 76.8. The molecule has 0 bridgehead atoms. The lowest BCUT2D eigenvalue weighted by Crippen LogP contribution is -2.04. The highest BCUT2D eigenvalue weighted by Gasteiger charge is 2.22. The summed E-state index contributed by atoms with van der Waals surface area (Å²) >= 11 is 0. The van der Waals surface area contributed by atoms with Gasteiger partial charge in [0.2, 0.25) is 0 Å². The van der Waals surface area contributed by atoms with Crippen molar-refractivity contribution in [3.8, 4) is 68.0 Å². The molecule has 0 aliphatic carbocycles. The molecule has 0 saturated carbocycles. The lowest BCUT2D eigenvalue weighted by atomic mass is 10.0. The van der Waals surface area contributed by atoms with Crippen LogP contribution in [0, 0.1) is 22.7 Å². The zero-order valence-corrected chi connectivity index (χ0v) is 32.4. The largest absolute Gasteiger partial charge is 0.308 e. The van der Waals surface area contributed by atoms with Crippen molar-refractivity contribution in [3.05, 3.63) is 217 Å². The van der Waals surface area contributed by atoms with Crippen LogP contribution in [0.1, 0.15) is 11.1 Å². The summed E-state index contributed by atoms with van der Waals surface area (Å²) in [6.45, 7) is 0. The second-order valence-corrected chi connectivity index (χ2v) is 15.2. The van der Waals surface area contributed by atoms with Crippen LogP contribution < -0.4 is 0 Å². The first-order valence-corrected chi connectivity index (χ1v) is 20.0. The second-order valence-electron chi connectivity index (χ2n) is 15.2. The summed E-state index contributed by atoms with van der Waals surface area (Å²) in [5, 5.41) is 26.0. The summed E-state index contributed by atoms with van der Waals surface area (Å²) in [5.41, 5.74) is 15.2. The number of aromatic nitrogens is 2. The van der Waals surface area contributed by atoms with Crippen molar-refractivity contribution in [2.75, 3.05) is 0 Å². The Morgan fingerprint density at radius 3 is 0.783 bits per heavy atom. The molecule has 11 aromatic rings. The molecular weight excluding hydrogens is 729 g/mol. The van der Waals surface area contributed by atoms with E-state index in [2.05, 4.69) is 191 Å². The predicted octanol–water partition coefficient (Wildman–Crippen LogP) is 14.3. The summed E-state index contributed by atoms with van der Waals surface area (Å²) < 4.78 is 4.40. The number of rotatable bonds is 6. The van der Waals surface area contributed by atoms with Crippen molar-refractivity contribution in [2.45, 2.75) is 0 Å². The fourth-order valence-corrected chi connectivity index (χ4v) is 8.93. The van der Waals surface area contributed by atoms with Gasteiger partial charge in [0.15, 0.2) is 0 Å². The Bertz CT molecular complexity index is 3100. The zero-order valence-electron chi connectivity index (χ0n) is 32.4. The first-order valence-electron chi connectivity index (χ1n) is 20.0. The minimum absolute atomic E-state index is 0.423. The Labute approximate surface area is 347 Å². The maximum absolute atomic E-state index is 10.8. The second kappa shape index (κ2) is 14.2. The minimum Gasteiger partial charge on any atom is -0.308 e. The molecule has 0 fully saturated rings. The van der Waals surface area contributed by atoms with Crippen LogP contribution in [-0.2, 0) is 0 Å². The van der Waals surface area contributed by atoms with Gasteiger partial charge in [-0.1, -0.05) is 146 Å². The molecule has 0 unspecified atom stereocenters. The molecular formula is C56H34N4. The van der Waals surface area contributed by atoms with Gasteiger partial charge in [-0.2, -0.15) is 10.5 Å². The molecule has 60 heavy (non-hydrogen) atoms. The molecule has 0 amide bonds. The van der Waals surface area contributed by atoms with Crippen molar-refractivity contribution >= 4 is 43.6 Å². The Kier molecular flexibility index (Phi) is 8.22. The monoisotopic (exact) mass is 762 g/mol. The number of nitriles is 2. The Morgan fingerprint density at radius 1 is 0.267 bits per heavy atom. The molecule has 0 aliphatic rings. The van der Waals surface area contributed by atoms with Crippen molar-refractivity contribution < 1.29 is 0 Å². The third-order valence-electron chi connectivity index (χ3n) is 11.8. The Balaban J connectivity index is 1.20. The summed E-state index contributed by atoms with van der Waals surface area (Å²) in [7, 11) is 0. The van der Waals surface area contributed by atoms with Crippen LogP contribution in [0.15, 0.2) is 206 Å². The van der Waals surface area contributed by atoms with E-state index >= 15 is 0 Å². The fraction of sp³-hybridized carbons (Fsp3) is 0. The van der Waals surface area contributed by atoms with E-state index in [1.165, 1.54) is 0 Å². The summed E-state index contributed by atoms with van der Waals surface area (Å²) in [6.07, 6.45) is 0. The molecule has 0 atom stereocenters. The zero-order chi connectivity index (χ0) is 40.2. The van der Waals surface area contributed by atoms with Crippen molar-refractivity contribution in [1.82, 2.24) is 9.13 Å². The maximum Gasteiger partial charge on any atom is 0.101 e. The van der Waals surface area contributed by atoms with Crippen LogP contribution in [0.2, 0.25) is 0 Å². The number of nitrogens with zero attached hydrogens (tertiary/aromatic N) is 4. The average molecular weight is 763 g/mol. The average Bonchev–Trinajstić information content (AvgIpc) is 3.83. The van der Waals surface area contributed by atoms with Crippen LogP contribution in [0.25, 0.3) is 99.5 Å². The van der Waals surface area contributed by atoms with E-state index in [0.717, 1.165) is 88.1 Å². The van der Waals surface area contributed by atoms with Gasteiger partial charge in [-0.05, 0) is 105 Å². The highest BCUT2D eigenvalue weighted by molar-refractivity contribution is 6.13. The Hall–Kier alpha value is -8.44. The molecule has 0 N–H and O–H groups in total. The highest BCUT2D eigenvalue weighted by Crippen LogP contribution is 2.42. The third kappa shape index (κ3) is 5.67. The maximum atomic E-state index is 10.8. The lowest BCUT2D eigenvalue weighted by molar-refractivity contribution is 1.12. The molecule has 11 rings (SSSR count). The Morgan fingerprint density at radius 2 is 0.533 bits per heavy atom. The third-order valence-corrected chi connectivity index (χ3v) is 11.8. The van der Waals surface area contributed by atoms with Gasteiger partial charge in [0, 0.05) is 21.5 Å². The summed E-state index contributed by atoms with van der Waals surface area (Å²) in [5.74, 6) is 0. The molecule has 0 saturated heterocycles. The quantitative estimate of drug-likeness (QED) is 0.169. The number of benzene rings is 9. The van der Waals surface area contributed by atoms with Crippen molar-refractivity contribution in [2.24, 2.45) is 0 Å². The van der Waals surface area contributed by atoms with E-state index in [1.54, 1.807) is 6.07 Å². The summed E-state index contributed by atoms with van der Waals surface area (Å²) in [4.78, 5) is 0. The van der Waals surface area contributed by atoms with Gasteiger partial charge in [0.25, 0.3) is 0 Å². The van der Waals surface area contributed by atoms with Gasteiger partial charge >= 0.3 is 0 Å². The first-order chi connectivity index (χ1) is 29.7. The fourth-order valence-electron chi connectivity index (χ4n) is 8.93. The van der Waals surface area contributed by atoms with E-state index < -0.39 is 0 Å². The number of fused-ring (bicyclic) bond motifs is 6. The van der Waals surface area contributed by atoms with Crippen LogP contribution in [0.5, 0.6) is 0 Å². The SMILES string of the molecule is N#Cc1cc(C#N)c(-n2c3ccc(-c4ccccc4)cc3c3cc(-c4ccccc4)ccc32)cc1-n1c2ccc(-c3ccccc3)cc2c2cc(-c3ccccc3)ccc21. The number of hydrogen-bond acceptors (Lipinski definition) is 2. The van der Waals surface area contributed by atoms with E-state index in [1.807, 2.05) is 30.3 Å². The van der Waals surface area contributed by atoms with E-state index in [9.17, 15) is 10.5 Å².